The van der Waals surface area contributed by atoms with Gasteiger partial charge in [-0.3, -0.25) is 9.78 Å². The van der Waals surface area contributed by atoms with Gasteiger partial charge in [0.1, 0.15) is 17.4 Å². The summed E-state index contributed by atoms with van der Waals surface area (Å²) in [5.74, 6) is 0.182. The first kappa shape index (κ1) is 14.3. The van der Waals surface area contributed by atoms with E-state index >= 15 is 0 Å². The van der Waals surface area contributed by atoms with Crippen molar-refractivity contribution >= 4 is 5.91 Å². The van der Waals surface area contributed by atoms with Crippen LogP contribution in [0.15, 0.2) is 59.1 Å². The molecule has 0 fully saturated rings. The summed E-state index contributed by atoms with van der Waals surface area (Å²) < 4.78 is 5.10. The molecule has 6 nitrogen and oxygen atoms in total. The molecule has 0 atom stereocenters. The van der Waals surface area contributed by atoms with E-state index in [1.54, 1.807) is 24.5 Å². The van der Waals surface area contributed by atoms with Crippen LogP contribution in [0.1, 0.15) is 11.3 Å². The fraction of sp³-hybridized carbons (Fsp3) is 0.133. The molecule has 21 heavy (non-hydrogen) atoms. The molecule has 106 valence electrons. The van der Waals surface area contributed by atoms with Crippen molar-refractivity contribution in [3.63, 3.8) is 0 Å². The standard InChI is InChI=1S/C15H14N4O2/c16-8-13(10-18-9-12-3-5-17-6-4-12)15(20)19-11-14-2-1-7-21-14/h1-7,10,18H,9,11H2,(H,19,20)/b13-10-. The van der Waals surface area contributed by atoms with Crippen molar-refractivity contribution in [3.8, 4) is 6.07 Å². The van der Waals surface area contributed by atoms with Crippen molar-refractivity contribution in [2.45, 2.75) is 13.1 Å². The van der Waals surface area contributed by atoms with Crippen molar-refractivity contribution in [2.75, 3.05) is 0 Å². The van der Waals surface area contributed by atoms with Gasteiger partial charge in [-0.05, 0) is 29.8 Å². The number of hydrogen-bond acceptors (Lipinski definition) is 5. The molecule has 2 heterocycles. The molecule has 2 aromatic heterocycles. The summed E-state index contributed by atoms with van der Waals surface area (Å²) in [5, 5.41) is 14.5. The number of carbonyl (C=O) groups excluding carboxylic acids is 1. The Bertz CT molecular complexity index is 642. The molecule has 0 aromatic carbocycles. The summed E-state index contributed by atoms with van der Waals surface area (Å²) >= 11 is 0. The molecule has 0 spiro atoms. The van der Waals surface area contributed by atoms with Crippen LogP contribution < -0.4 is 10.6 Å². The third-order valence-electron chi connectivity index (χ3n) is 2.67. The molecule has 2 rings (SSSR count). The van der Waals surface area contributed by atoms with Crippen LogP contribution in [0.3, 0.4) is 0 Å². The molecule has 0 aliphatic rings. The van der Waals surface area contributed by atoms with E-state index in [0.717, 1.165) is 5.56 Å². The van der Waals surface area contributed by atoms with E-state index in [0.29, 0.717) is 12.3 Å². The number of furan rings is 1. The number of nitrogens with zero attached hydrogens (tertiary/aromatic N) is 2. The zero-order valence-corrected chi connectivity index (χ0v) is 11.2. The second-order valence-corrected chi connectivity index (χ2v) is 4.17. The van der Waals surface area contributed by atoms with Crippen molar-refractivity contribution in [1.29, 1.82) is 5.26 Å². The lowest BCUT2D eigenvalue weighted by Gasteiger charge is -2.04. The van der Waals surface area contributed by atoms with E-state index in [4.69, 9.17) is 9.68 Å². The summed E-state index contributed by atoms with van der Waals surface area (Å²) in [4.78, 5) is 15.7. The van der Waals surface area contributed by atoms with E-state index in [2.05, 4.69) is 15.6 Å². The van der Waals surface area contributed by atoms with Crippen LogP contribution in [-0.4, -0.2) is 10.9 Å². The fourth-order valence-electron chi connectivity index (χ4n) is 1.60. The Hall–Kier alpha value is -3.07. The lowest BCUT2D eigenvalue weighted by Crippen LogP contribution is -2.25. The van der Waals surface area contributed by atoms with E-state index in [9.17, 15) is 4.79 Å². The summed E-state index contributed by atoms with van der Waals surface area (Å²) in [6.07, 6.45) is 6.29. The highest BCUT2D eigenvalue weighted by molar-refractivity contribution is 5.97. The van der Waals surface area contributed by atoms with E-state index in [1.807, 2.05) is 18.2 Å². The van der Waals surface area contributed by atoms with Gasteiger partial charge in [-0.2, -0.15) is 5.26 Å². The Morgan fingerprint density at radius 1 is 1.33 bits per heavy atom. The van der Waals surface area contributed by atoms with Crippen molar-refractivity contribution < 1.29 is 9.21 Å². The number of nitriles is 1. The molecule has 0 unspecified atom stereocenters. The minimum Gasteiger partial charge on any atom is -0.467 e. The van der Waals surface area contributed by atoms with Crippen LogP contribution in [0, 0.1) is 11.3 Å². The van der Waals surface area contributed by atoms with Crippen molar-refractivity contribution in [1.82, 2.24) is 15.6 Å². The van der Waals surface area contributed by atoms with Crippen LogP contribution in [0.25, 0.3) is 0 Å². The second kappa shape index (κ2) is 7.50. The van der Waals surface area contributed by atoms with Crippen LogP contribution in [0.4, 0.5) is 0 Å². The zero-order valence-electron chi connectivity index (χ0n) is 11.2. The second-order valence-electron chi connectivity index (χ2n) is 4.17. The third-order valence-corrected chi connectivity index (χ3v) is 2.67. The van der Waals surface area contributed by atoms with E-state index in [-0.39, 0.29) is 12.1 Å². The highest BCUT2D eigenvalue weighted by atomic mass is 16.3. The van der Waals surface area contributed by atoms with Crippen molar-refractivity contribution in [2.24, 2.45) is 0 Å². The monoisotopic (exact) mass is 282 g/mol. The number of rotatable bonds is 6. The number of carbonyl (C=O) groups is 1. The summed E-state index contributed by atoms with van der Waals surface area (Å²) in [7, 11) is 0. The number of pyridine rings is 1. The van der Waals surface area contributed by atoms with Crippen LogP contribution in [0.5, 0.6) is 0 Å². The van der Waals surface area contributed by atoms with Crippen LogP contribution in [0.2, 0.25) is 0 Å². The van der Waals surface area contributed by atoms with Gasteiger partial charge in [-0.25, -0.2) is 0 Å². The predicted molar refractivity (Wildman–Crippen MR) is 75.3 cm³/mol. The lowest BCUT2D eigenvalue weighted by molar-refractivity contribution is -0.117. The SMILES string of the molecule is N#C/C(=C/NCc1ccncc1)C(=O)NCc1ccco1. The smallest absolute Gasteiger partial charge is 0.263 e. The fourth-order valence-corrected chi connectivity index (χ4v) is 1.60. The van der Waals surface area contributed by atoms with Gasteiger partial charge in [-0.15, -0.1) is 0 Å². The summed E-state index contributed by atoms with van der Waals surface area (Å²) in [6, 6.07) is 9.05. The lowest BCUT2D eigenvalue weighted by atomic mass is 10.2. The molecular weight excluding hydrogens is 268 g/mol. The Kier molecular flexibility index (Phi) is 5.12. The number of amides is 1. The number of nitrogens with one attached hydrogen (secondary N) is 2. The highest BCUT2D eigenvalue weighted by Gasteiger charge is 2.08. The van der Waals surface area contributed by atoms with E-state index in [1.165, 1.54) is 12.5 Å². The molecule has 1 amide bonds. The van der Waals surface area contributed by atoms with Crippen LogP contribution in [-0.2, 0) is 17.9 Å². The predicted octanol–water partition coefficient (Wildman–Crippen LogP) is 1.49. The van der Waals surface area contributed by atoms with Crippen LogP contribution >= 0.6 is 0 Å². The van der Waals surface area contributed by atoms with Gasteiger partial charge in [0.15, 0.2) is 0 Å². The minimum atomic E-state index is -0.448. The largest absolute Gasteiger partial charge is 0.467 e. The average molecular weight is 282 g/mol. The third kappa shape index (κ3) is 4.51. The molecule has 0 aliphatic carbocycles. The maximum Gasteiger partial charge on any atom is 0.263 e. The Morgan fingerprint density at radius 2 is 2.14 bits per heavy atom. The molecule has 6 heteroatoms. The molecule has 0 bridgehead atoms. The Morgan fingerprint density at radius 3 is 2.81 bits per heavy atom. The molecule has 2 aromatic rings. The normalized spacial score (nSPS) is 10.7. The average Bonchev–Trinajstić information content (AvgIpc) is 3.04. The first-order chi connectivity index (χ1) is 10.3. The quantitative estimate of drug-likeness (QED) is 0.618. The van der Waals surface area contributed by atoms with E-state index < -0.39 is 5.91 Å². The molecule has 0 saturated heterocycles. The number of hydrogen-bond donors (Lipinski definition) is 2. The van der Waals surface area contributed by atoms with Gasteiger partial charge in [0.05, 0.1) is 12.8 Å². The Balaban J connectivity index is 1.85. The minimum absolute atomic E-state index is 0.00983. The first-order valence-corrected chi connectivity index (χ1v) is 6.32. The summed E-state index contributed by atoms with van der Waals surface area (Å²) in [6.45, 7) is 0.758. The molecule has 0 saturated carbocycles. The maximum absolute atomic E-state index is 11.8. The van der Waals surface area contributed by atoms with Gasteiger partial charge >= 0.3 is 0 Å². The van der Waals surface area contributed by atoms with Crippen molar-refractivity contribution in [3.05, 3.63) is 66.0 Å². The number of aromatic nitrogens is 1. The molecule has 0 aliphatic heterocycles. The molecule has 0 radical (unpaired) electrons. The summed E-state index contributed by atoms with van der Waals surface area (Å²) in [5.41, 5.74) is 1.02. The maximum atomic E-state index is 11.8. The van der Waals surface area contributed by atoms with Gasteiger partial charge < -0.3 is 15.1 Å². The van der Waals surface area contributed by atoms with Gasteiger partial charge in [-0.1, -0.05) is 0 Å². The highest BCUT2D eigenvalue weighted by Crippen LogP contribution is 2.00. The van der Waals surface area contributed by atoms with Gasteiger partial charge in [0.25, 0.3) is 5.91 Å². The molecular formula is C15H14N4O2. The zero-order chi connectivity index (χ0) is 14.9. The first-order valence-electron chi connectivity index (χ1n) is 6.32. The Labute approximate surface area is 122 Å². The van der Waals surface area contributed by atoms with Gasteiger partial charge in [0, 0.05) is 25.1 Å². The topological polar surface area (TPSA) is 91.0 Å². The molecule has 2 N–H and O–H groups in total. The van der Waals surface area contributed by atoms with Gasteiger partial charge in [0.2, 0.25) is 0 Å².